The van der Waals surface area contributed by atoms with Crippen LogP contribution in [0.15, 0.2) is 47.6 Å². The van der Waals surface area contributed by atoms with Gasteiger partial charge in [-0.15, -0.1) is 0 Å². The van der Waals surface area contributed by atoms with Crippen LogP contribution in [0.5, 0.6) is 5.75 Å². The van der Waals surface area contributed by atoms with E-state index >= 15 is 0 Å². The van der Waals surface area contributed by atoms with Crippen LogP contribution in [0.25, 0.3) is 0 Å². The average Bonchev–Trinajstić information content (AvgIpc) is 2.73. The summed E-state index contributed by atoms with van der Waals surface area (Å²) in [7, 11) is 0. The first-order valence-corrected chi connectivity index (χ1v) is 9.73. The Morgan fingerprint density at radius 2 is 1.80 bits per heavy atom. The largest absolute Gasteiger partial charge is 0.484 e. The molecule has 3 N–H and O–H groups in total. The van der Waals surface area contributed by atoms with Gasteiger partial charge in [-0.1, -0.05) is 30.1 Å². The lowest BCUT2D eigenvalue weighted by Crippen LogP contribution is -2.38. The van der Waals surface area contributed by atoms with E-state index in [1.54, 1.807) is 36.4 Å². The van der Waals surface area contributed by atoms with Crippen molar-refractivity contribution in [1.82, 2.24) is 10.7 Å². The Labute approximate surface area is 183 Å². The highest BCUT2D eigenvalue weighted by molar-refractivity contribution is 6.36. The van der Waals surface area contributed by atoms with Crippen LogP contribution < -0.4 is 20.8 Å². The lowest BCUT2D eigenvalue weighted by atomic mass is 10.2. The highest BCUT2D eigenvalue weighted by atomic mass is 35.5. The standard InChI is InChI=1S/C20H20Cl2N4O4/c1-2-9-23-19(28)20(29)26-24-11-13-3-6-15(7-4-13)30-12-18(27)25-17-8-5-14(21)10-16(17)22/h3-8,10-11H,2,9,12H2,1H3,(H,23,28)(H,25,27)(H,26,29)/b24-11-. The van der Waals surface area contributed by atoms with Gasteiger partial charge in [-0.05, 0) is 54.4 Å². The predicted octanol–water partition coefficient (Wildman–Crippen LogP) is 2.99. The number of ether oxygens (including phenoxy) is 1. The number of anilines is 1. The molecule has 10 heteroatoms. The first kappa shape index (κ1) is 23.2. The van der Waals surface area contributed by atoms with Crippen molar-refractivity contribution in [3.8, 4) is 5.75 Å². The van der Waals surface area contributed by atoms with Gasteiger partial charge in [0, 0.05) is 11.6 Å². The number of benzene rings is 2. The van der Waals surface area contributed by atoms with Gasteiger partial charge in [-0.2, -0.15) is 5.10 Å². The maximum absolute atomic E-state index is 12.0. The fourth-order valence-electron chi connectivity index (χ4n) is 2.11. The van der Waals surface area contributed by atoms with Crippen molar-refractivity contribution in [2.24, 2.45) is 5.10 Å². The molecule has 8 nitrogen and oxygen atoms in total. The van der Waals surface area contributed by atoms with E-state index < -0.39 is 11.8 Å². The van der Waals surface area contributed by atoms with E-state index in [0.29, 0.717) is 33.6 Å². The zero-order valence-electron chi connectivity index (χ0n) is 16.1. The second kappa shape index (κ2) is 11.8. The Balaban J connectivity index is 1.79. The third-order valence-electron chi connectivity index (χ3n) is 3.58. The van der Waals surface area contributed by atoms with E-state index in [2.05, 4.69) is 21.2 Å². The van der Waals surface area contributed by atoms with Gasteiger partial charge in [-0.25, -0.2) is 5.43 Å². The molecule has 0 atom stereocenters. The maximum atomic E-state index is 12.0. The summed E-state index contributed by atoms with van der Waals surface area (Å²) < 4.78 is 5.42. The molecule has 3 amide bonds. The average molecular weight is 451 g/mol. The molecule has 2 aromatic rings. The summed E-state index contributed by atoms with van der Waals surface area (Å²) in [5, 5.41) is 9.60. The van der Waals surface area contributed by atoms with Crippen molar-refractivity contribution < 1.29 is 19.1 Å². The van der Waals surface area contributed by atoms with Gasteiger partial charge in [0.05, 0.1) is 16.9 Å². The lowest BCUT2D eigenvalue weighted by Gasteiger charge is -2.09. The Morgan fingerprint density at radius 1 is 1.07 bits per heavy atom. The van der Waals surface area contributed by atoms with Gasteiger partial charge in [0.25, 0.3) is 5.91 Å². The molecule has 158 valence electrons. The summed E-state index contributed by atoms with van der Waals surface area (Å²) in [5.74, 6) is -1.50. The normalized spacial score (nSPS) is 10.5. The van der Waals surface area contributed by atoms with Crippen LogP contribution in [0.4, 0.5) is 5.69 Å². The SMILES string of the molecule is CCCNC(=O)C(=O)N/N=C\c1ccc(OCC(=O)Nc2ccc(Cl)cc2Cl)cc1. The molecule has 0 aromatic heterocycles. The first-order valence-electron chi connectivity index (χ1n) is 8.98. The second-order valence-electron chi connectivity index (χ2n) is 5.99. The summed E-state index contributed by atoms with van der Waals surface area (Å²) in [6.07, 6.45) is 2.11. The second-order valence-corrected chi connectivity index (χ2v) is 6.83. The minimum atomic E-state index is -0.841. The lowest BCUT2D eigenvalue weighted by molar-refractivity contribution is -0.139. The zero-order chi connectivity index (χ0) is 21.9. The van der Waals surface area contributed by atoms with Crippen LogP contribution in [0.3, 0.4) is 0 Å². The molecule has 0 radical (unpaired) electrons. The molecular weight excluding hydrogens is 431 g/mol. The van der Waals surface area contributed by atoms with Crippen LogP contribution >= 0.6 is 23.2 Å². The number of amides is 3. The number of hydrogen-bond donors (Lipinski definition) is 3. The Bertz CT molecular complexity index is 933. The minimum Gasteiger partial charge on any atom is -0.484 e. The van der Waals surface area contributed by atoms with Crippen LogP contribution in [0.2, 0.25) is 10.0 Å². The Hall–Kier alpha value is -3.10. The van der Waals surface area contributed by atoms with Gasteiger partial charge in [0.1, 0.15) is 5.75 Å². The summed E-state index contributed by atoms with van der Waals surface area (Å²) in [4.78, 5) is 34.9. The number of carbonyl (C=O) groups is 3. The fraction of sp³-hybridized carbons (Fsp3) is 0.200. The van der Waals surface area contributed by atoms with Crippen molar-refractivity contribution in [1.29, 1.82) is 0 Å². The van der Waals surface area contributed by atoms with Crippen molar-refractivity contribution in [3.05, 3.63) is 58.1 Å². The number of nitrogens with one attached hydrogen (secondary N) is 3. The van der Waals surface area contributed by atoms with Crippen molar-refractivity contribution >= 4 is 52.8 Å². The molecule has 0 aliphatic carbocycles. The van der Waals surface area contributed by atoms with Crippen LogP contribution in [-0.2, 0) is 14.4 Å². The molecule has 0 bridgehead atoms. The van der Waals surface area contributed by atoms with Gasteiger partial charge < -0.3 is 15.4 Å². The molecular formula is C20H20Cl2N4O4. The molecule has 2 aromatic carbocycles. The van der Waals surface area contributed by atoms with Gasteiger partial charge >= 0.3 is 11.8 Å². The van der Waals surface area contributed by atoms with Crippen molar-refractivity contribution in [2.45, 2.75) is 13.3 Å². The molecule has 0 saturated carbocycles. The van der Waals surface area contributed by atoms with E-state index in [4.69, 9.17) is 27.9 Å². The number of rotatable bonds is 8. The van der Waals surface area contributed by atoms with Crippen LogP contribution in [-0.4, -0.2) is 37.1 Å². The summed E-state index contributed by atoms with van der Waals surface area (Å²) in [5.41, 5.74) is 3.24. The number of hydrazone groups is 1. The van der Waals surface area contributed by atoms with E-state index in [-0.39, 0.29) is 12.5 Å². The number of hydrogen-bond acceptors (Lipinski definition) is 5. The van der Waals surface area contributed by atoms with Gasteiger partial charge in [-0.3, -0.25) is 14.4 Å². The summed E-state index contributed by atoms with van der Waals surface area (Å²) >= 11 is 11.8. The van der Waals surface area contributed by atoms with Crippen LogP contribution in [0, 0.1) is 0 Å². The summed E-state index contributed by atoms with van der Waals surface area (Å²) in [6, 6.07) is 11.4. The Morgan fingerprint density at radius 3 is 2.47 bits per heavy atom. The first-order chi connectivity index (χ1) is 14.4. The highest BCUT2D eigenvalue weighted by Gasteiger charge is 2.11. The number of halogens is 2. The molecule has 0 aliphatic rings. The summed E-state index contributed by atoms with van der Waals surface area (Å²) in [6.45, 7) is 2.09. The van der Waals surface area contributed by atoms with E-state index in [9.17, 15) is 14.4 Å². The van der Waals surface area contributed by atoms with Crippen molar-refractivity contribution in [2.75, 3.05) is 18.5 Å². The zero-order valence-corrected chi connectivity index (χ0v) is 17.6. The quantitative estimate of drug-likeness (QED) is 0.326. The Kier molecular flexibility index (Phi) is 9.11. The van der Waals surface area contributed by atoms with Gasteiger partial charge in [0.15, 0.2) is 6.61 Å². The van der Waals surface area contributed by atoms with Crippen LogP contribution in [0.1, 0.15) is 18.9 Å². The highest BCUT2D eigenvalue weighted by Crippen LogP contribution is 2.25. The van der Waals surface area contributed by atoms with E-state index in [1.165, 1.54) is 12.3 Å². The molecule has 30 heavy (non-hydrogen) atoms. The molecule has 0 heterocycles. The van der Waals surface area contributed by atoms with Crippen molar-refractivity contribution in [3.63, 3.8) is 0 Å². The molecule has 2 rings (SSSR count). The monoisotopic (exact) mass is 450 g/mol. The molecule has 0 spiro atoms. The number of carbonyl (C=O) groups excluding carboxylic acids is 3. The smallest absolute Gasteiger partial charge is 0.329 e. The maximum Gasteiger partial charge on any atom is 0.329 e. The molecule has 0 aliphatic heterocycles. The van der Waals surface area contributed by atoms with Gasteiger partial charge in [0.2, 0.25) is 0 Å². The topological polar surface area (TPSA) is 109 Å². The molecule has 0 fully saturated rings. The van der Waals surface area contributed by atoms with E-state index in [0.717, 1.165) is 6.42 Å². The van der Waals surface area contributed by atoms with E-state index in [1.807, 2.05) is 6.92 Å². The molecule has 0 unspecified atom stereocenters. The fourth-order valence-corrected chi connectivity index (χ4v) is 2.57. The third kappa shape index (κ3) is 7.73. The minimum absolute atomic E-state index is 0.213. The number of nitrogens with zero attached hydrogens (tertiary/aromatic N) is 1. The predicted molar refractivity (Wildman–Crippen MR) is 116 cm³/mol. The molecule has 0 saturated heterocycles. The third-order valence-corrected chi connectivity index (χ3v) is 4.12.